The number of anilines is 2. The molecule has 3 aromatic carbocycles. The number of hydrogen-bond acceptors (Lipinski definition) is 5. The molecular weight excluding hydrogens is 447 g/mol. The van der Waals surface area contributed by atoms with Crippen molar-refractivity contribution in [1.29, 1.82) is 0 Å². The van der Waals surface area contributed by atoms with Crippen molar-refractivity contribution >= 4 is 27.3 Å². The van der Waals surface area contributed by atoms with Crippen LogP contribution in [0.4, 0.5) is 15.8 Å². The Bertz CT molecular complexity index is 1270. The van der Waals surface area contributed by atoms with E-state index < -0.39 is 15.8 Å². The molecule has 0 spiro atoms. The van der Waals surface area contributed by atoms with Gasteiger partial charge in [-0.15, -0.1) is 0 Å². The van der Waals surface area contributed by atoms with Crippen LogP contribution in [-0.2, 0) is 16.4 Å². The lowest BCUT2D eigenvalue weighted by Crippen LogP contribution is -2.35. The highest BCUT2D eigenvalue weighted by Gasteiger charge is 2.29. The minimum absolute atomic E-state index is 0.0288. The zero-order valence-electron chi connectivity index (χ0n) is 18.2. The summed E-state index contributed by atoms with van der Waals surface area (Å²) in [5, 5.41) is 2.84. The molecule has 1 N–H and O–H groups in total. The first kappa shape index (κ1) is 22.6. The molecule has 33 heavy (non-hydrogen) atoms. The molecule has 1 heterocycles. The molecule has 1 amide bonds. The number of rotatable bonds is 6. The van der Waals surface area contributed by atoms with Crippen molar-refractivity contribution in [3.8, 4) is 11.5 Å². The van der Waals surface area contributed by atoms with E-state index >= 15 is 0 Å². The molecule has 0 unspecified atom stereocenters. The van der Waals surface area contributed by atoms with E-state index in [1.54, 1.807) is 36.4 Å². The minimum atomic E-state index is -3.83. The number of carbonyl (C=O) groups is 1. The summed E-state index contributed by atoms with van der Waals surface area (Å²) in [4.78, 5) is 12.8. The third-order valence-electron chi connectivity index (χ3n) is 5.43. The van der Waals surface area contributed by atoms with E-state index in [9.17, 15) is 17.6 Å². The van der Waals surface area contributed by atoms with Gasteiger partial charge in [-0.3, -0.25) is 9.10 Å². The molecule has 3 aromatic rings. The van der Waals surface area contributed by atoms with Crippen molar-refractivity contribution in [1.82, 2.24) is 0 Å². The largest absolute Gasteiger partial charge is 0.497 e. The molecule has 0 atom stereocenters. The van der Waals surface area contributed by atoms with Crippen LogP contribution in [0.3, 0.4) is 0 Å². The fourth-order valence-electron chi connectivity index (χ4n) is 3.77. The average Bonchev–Trinajstić information content (AvgIpc) is 2.83. The Morgan fingerprint density at radius 1 is 0.970 bits per heavy atom. The van der Waals surface area contributed by atoms with Crippen molar-refractivity contribution in [3.05, 3.63) is 77.6 Å². The summed E-state index contributed by atoms with van der Waals surface area (Å²) in [6.07, 6.45) is 1.29. The van der Waals surface area contributed by atoms with Gasteiger partial charge >= 0.3 is 0 Å². The van der Waals surface area contributed by atoms with Crippen LogP contribution >= 0.6 is 0 Å². The van der Waals surface area contributed by atoms with E-state index in [0.29, 0.717) is 47.8 Å². The maximum absolute atomic E-state index is 13.3. The van der Waals surface area contributed by atoms with Gasteiger partial charge in [0.2, 0.25) is 0 Å². The molecule has 0 aromatic heterocycles. The second kappa shape index (κ2) is 9.11. The van der Waals surface area contributed by atoms with Gasteiger partial charge < -0.3 is 14.8 Å². The van der Waals surface area contributed by atoms with Crippen molar-refractivity contribution in [3.63, 3.8) is 0 Å². The topological polar surface area (TPSA) is 84.9 Å². The number of halogens is 1. The Hall–Kier alpha value is -3.59. The van der Waals surface area contributed by atoms with Gasteiger partial charge in [-0.1, -0.05) is 0 Å². The van der Waals surface area contributed by atoms with Crippen molar-refractivity contribution in [2.75, 3.05) is 30.4 Å². The SMILES string of the molecule is COc1cc(OC)cc(C(=O)Nc2ccc3c(c2)CCCN3S(=O)(=O)c2ccc(F)cc2)c1. The van der Waals surface area contributed by atoms with Gasteiger partial charge in [0.05, 0.1) is 24.8 Å². The number of aryl methyl sites for hydroxylation is 1. The summed E-state index contributed by atoms with van der Waals surface area (Å²) in [5.41, 5.74) is 2.26. The first-order valence-corrected chi connectivity index (χ1v) is 11.7. The summed E-state index contributed by atoms with van der Waals surface area (Å²) in [6.45, 7) is 0.321. The molecule has 0 radical (unpaired) electrons. The van der Waals surface area contributed by atoms with Crippen LogP contribution in [0.15, 0.2) is 65.6 Å². The van der Waals surface area contributed by atoms with Gasteiger partial charge in [-0.25, -0.2) is 12.8 Å². The van der Waals surface area contributed by atoms with Crippen LogP contribution in [0.2, 0.25) is 0 Å². The maximum Gasteiger partial charge on any atom is 0.264 e. The van der Waals surface area contributed by atoms with Gasteiger partial charge in [0.25, 0.3) is 15.9 Å². The van der Waals surface area contributed by atoms with E-state index in [0.717, 1.165) is 17.7 Å². The first-order chi connectivity index (χ1) is 15.8. The lowest BCUT2D eigenvalue weighted by Gasteiger charge is -2.31. The number of fused-ring (bicyclic) bond motifs is 1. The minimum Gasteiger partial charge on any atom is -0.497 e. The number of nitrogens with one attached hydrogen (secondary N) is 1. The van der Waals surface area contributed by atoms with Gasteiger partial charge in [0.1, 0.15) is 17.3 Å². The molecule has 1 aliphatic rings. The van der Waals surface area contributed by atoms with Crippen LogP contribution < -0.4 is 19.1 Å². The summed E-state index contributed by atoms with van der Waals surface area (Å²) < 4.78 is 51.3. The third-order valence-corrected chi connectivity index (χ3v) is 7.26. The first-order valence-electron chi connectivity index (χ1n) is 10.3. The number of hydrogen-bond donors (Lipinski definition) is 1. The van der Waals surface area contributed by atoms with E-state index in [1.807, 2.05) is 0 Å². The van der Waals surface area contributed by atoms with Gasteiger partial charge in [0.15, 0.2) is 0 Å². The second-order valence-corrected chi connectivity index (χ2v) is 9.40. The molecule has 172 valence electrons. The maximum atomic E-state index is 13.3. The molecule has 0 saturated heterocycles. The summed E-state index contributed by atoms with van der Waals surface area (Å²) >= 11 is 0. The summed E-state index contributed by atoms with van der Waals surface area (Å²) in [5.74, 6) is 0.138. The Morgan fingerprint density at radius 2 is 1.64 bits per heavy atom. The number of ether oxygens (including phenoxy) is 2. The molecule has 7 nitrogen and oxygen atoms in total. The Kier molecular flexibility index (Phi) is 6.24. The standard InChI is InChI=1S/C24H23FN2O5S/c1-31-20-13-17(14-21(15-20)32-2)24(28)26-19-7-10-23-16(12-19)4-3-11-27(23)33(29,30)22-8-5-18(25)6-9-22/h5-10,12-15H,3-4,11H2,1-2H3,(H,26,28). The number of methoxy groups -OCH3 is 2. The van der Waals surface area contributed by atoms with Crippen molar-refractivity contribution < 1.29 is 27.1 Å². The monoisotopic (exact) mass is 470 g/mol. The normalized spacial score (nSPS) is 13.2. The van der Waals surface area contributed by atoms with Gasteiger partial charge in [0, 0.05) is 23.9 Å². The van der Waals surface area contributed by atoms with Gasteiger partial charge in [-0.2, -0.15) is 0 Å². The summed E-state index contributed by atoms with van der Waals surface area (Å²) in [6, 6.07) is 14.8. The van der Waals surface area contributed by atoms with E-state index in [2.05, 4.69) is 5.32 Å². The van der Waals surface area contributed by atoms with Crippen LogP contribution in [0.5, 0.6) is 11.5 Å². The number of nitrogens with zero attached hydrogens (tertiary/aromatic N) is 1. The Labute approximate surface area is 191 Å². The lowest BCUT2D eigenvalue weighted by molar-refractivity contribution is 0.102. The lowest BCUT2D eigenvalue weighted by atomic mass is 10.0. The zero-order chi connectivity index (χ0) is 23.6. The van der Waals surface area contributed by atoms with Crippen LogP contribution in [0.25, 0.3) is 0 Å². The Morgan fingerprint density at radius 3 is 2.27 bits per heavy atom. The molecule has 1 aliphatic heterocycles. The highest BCUT2D eigenvalue weighted by molar-refractivity contribution is 7.92. The predicted molar refractivity (Wildman–Crippen MR) is 123 cm³/mol. The molecule has 0 fully saturated rings. The second-order valence-electron chi connectivity index (χ2n) is 7.53. The smallest absolute Gasteiger partial charge is 0.264 e. The average molecular weight is 471 g/mol. The number of amides is 1. The number of carbonyl (C=O) groups excluding carboxylic acids is 1. The molecule has 0 bridgehead atoms. The van der Waals surface area contributed by atoms with E-state index in [1.165, 1.54) is 30.7 Å². The molecular formula is C24H23FN2O5S. The molecule has 0 aliphatic carbocycles. The van der Waals surface area contributed by atoms with E-state index in [4.69, 9.17) is 9.47 Å². The fraction of sp³-hybridized carbons (Fsp3) is 0.208. The fourth-order valence-corrected chi connectivity index (χ4v) is 5.31. The van der Waals surface area contributed by atoms with Crippen LogP contribution in [0, 0.1) is 5.82 Å². The molecule has 0 saturated carbocycles. The number of sulfonamides is 1. The molecule has 4 rings (SSSR count). The van der Waals surface area contributed by atoms with Crippen LogP contribution in [0.1, 0.15) is 22.3 Å². The van der Waals surface area contributed by atoms with E-state index in [-0.39, 0.29) is 10.8 Å². The van der Waals surface area contributed by atoms with Gasteiger partial charge in [-0.05, 0) is 73.0 Å². The zero-order valence-corrected chi connectivity index (χ0v) is 19.0. The third kappa shape index (κ3) is 4.63. The van der Waals surface area contributed by atoms with Crippen molar-refractivity contribution in [2.45, 2.75) is 17.7 Å². The predicted octanol–water partition coefficient (Wildman–Crippen LogP) is 4.24. The quantitative estimate of drug-likeness (QED) is 0.583. The summed E-state index contributed by atoms with van der Waals surface area (Å²) in [7, 11) is -0.824. The Balaban J connectivity index is 1.60. The molecule has 9 heteroatoms. The van der Waals surface area contributed by atoms with Crippen molar-refractivity contribution in [2.24, 2.45) is 0 Å². The number of benzene rings is 3. The van der Waals surface area contributed by atoms with Crippen LogP contribution in [-0.4, -0.2) is 35.1 Å². The highest BCUT2D eigenvalue weighted by Crippen LogP contribution is 2.34. The highest BCUT2D eigenvalue weighted by atomic mass is 32.2.